The molecule has 7 N–H and O–H groups in total. The number of aromatic nitrogens is 1. The highest BCUT2D eigenvalue weighted by Crippen LogP contribution is 2.29. The van der Waals surface area contributed by atoms with Gasteiger partial charge in [-0.05, 0) is 48.3 Å². The van der Waals surface area contributed by atoms with E-state index >= 15 is 0 Å². The van der Waals surface area contributed by atoms with Gasteiger partial charge in [0.15, 0.2) is 5.43 Å². The molecule has 0 saturated heterocycles. The van der Waals surface area contributed by atoms with E-state index in [0.29, 0.717) is 40.6 Å². The summed E-state index contributed by atoms with van der Waals surface area (Å²) < 4.78 is 11.4. The molecule has 0 amide bonds. The quantitative estimate of drug-likeness (QED) is 0.111. The van der Waals surface area contributed by atoms with Gasteiger partial charge in [0.05, 0.1) is 13.2 Å². The van der Waals surface area contributed by atoms with E-state index in [1.807, 2.05) is 6.07 Å². The summed E-state index contributed by atoms with van der Waals surface area (Å²) in [7, 11) is -4.92. The molecule has 0 aliphatic rings. The summed E-state index contributed by atoms with van der Waals surface area (Å²) in [5, 5.41) is 1.01. The molecule has 0 fully saturated rings. The number of hydrogen-bond donors (Lipinski definition) is 6. The molecule has 162 valence electrons. The maximum atomic E-state index is 12.9. The van der Waals surface area contributed by atoms with Crippen LogP contribution in [0.1, 0.15) is 0 Å². The van der Waals surface area contributed by atoms with Gasteiger partial charge in [-0.15, -0.1) is 0 Å². The SMILES string of the molecule is Nc1ccc2[nH]c3ccc(SN(CCOP(O)O)CCOP(O)O)cc3c(=O)c2c1. The Morgan fingerprint density at radius 3 is 2.10 bits per heavy atom. The zero-order valence-electron chi connectivity index (χ0n) is 15.6. The molecular weight excluding hydrogens is 452 g/mol. The highest BCUT2D eigenvalue weighted by Gasteiger charge is 2.13. The second-order valence-corrected chi connectivity index (χ2v) is 8.86. The third kappa shape index (κ3) is 6.32. The topological polar surface area (TPSA) is 162 Å². The predicted molar refractivity (Wildman–Crippen MR) is 119 cm³/mol. The summed E-state index contributed by atoms with van der Waals surface area (Å²) >= 11 is 1.31. The van der Waals surface area contributed by atoms with Crippen LogP contribution in [0.2, 0.25) is 0 Å². The van der Waals surface area contributed by atoms with Gasteiger partial charge in [0.25, 0.3) is 0 Å². The molecule has 30 heavy (non-hydrogen) atoms. The third-order valence-corrected chi connectivity index (χ3v) is 6.04. The van der Waals surface area contributed by atoms with Gasteiger partial charge in [0, 0.05) is 45.5 Å². The minimum Gasteiger partial charge on any atom is -0.399 e. The highest BCUT2D eigenvalue weighted by atomic mass is 32.2. The number of hydrogen-bond acceptors (Lipinski definition) is 10. The van der Waals surface area contributed by atoms with E-state index in [4.69, 9.17) is 34.4 Å². The molecule has 13 heteroatoms. The number of nitrogens with zero attached hydrogens (tertiary/aromatic N) is 1. The predicted octanol–water partition coefficient (Wildman–Crippen LogP) is 2.03. The van der Waals surface area contributed by atoms with Crippen LogP contribution in [0.5, 0.6) is 0 Å². The highest BCUT2D eigenvalue weighted by molar-refractivity contribution is 7.97. The van der Waals surface area contributed by atoms with Crippen molar-refractivity contribution in [3.05, 3.63) is 46.6 Å². The van der Waals surface area contributed by atoms with E-state index in [1.54, 1.807) is 34.6 Å². The summed E-state index contributed by atoms with van der Waals surface area (Å²) in [5.41, 5.74) is 7.57. The Kier molecular flexibility index (Phi) is 8.38. The number of benzene rings is 2. The summed E-state index contributed by atoms with van der Waals surface area (Å²) in [6, 6.07) is 10.5. The van der Waals surface area contributed by atoms with Crippen LogP contribution < -0.4 is 11.2 Å². The summed E-state index contributed by atoms with van der Waals surface area (Å²) in [6.07, 6.45) is 0. The smallest absolute Gasteiger partial charge is 0.327 e. The Morgan fingerprint density at radius 1 is 0.933 bits per heavy atom. The van der Waals surface area contributed by atoms with Crippen LogP contribution in [0.4, 0.5) is 5.69 Å². The van der Waals surface area contributed by atoms with Gasteiger partial charge in [-0.25, -0.2) is 4.31 Å². The molecule has 0 unspecified atom stereocenters. The Balaban J connectivity index is 1.83. The lowest BCUT2D eigenvalue weighted by atomic mass is 10.1. The first-order valence-electron chi connectivity index (χ1n) is 8.73. The minimum absolute atomic E-state index is 0.0524. The normalized spacial score (nSPS) is 12.1. The summed E-state index contributed by atoms with van der Waals surface area (Å²) in [5.74, 6) is 0. The van der Waals surface area contributed by atoms with Crippen molar-refractivity contribution >= 4 is 56.6 Å². The number of pyridine rings is 1. The van der Waals surface area contributed by atoms with Gasteiger partial charge in [0.2, 0.25) is 0 Å². The Labute approximate surface area is 178 Å². The van der Waals surface area contributed by atoms with Gasteiger partial charge in [-0.1, -0.05) is 0 Å². The molecule has 0 bridgehead atoms. The van der Waals surface area contributed by atoms with Gasteiger partial charge in [-0.2, -0.15) is 0 Å². The number of rotatable bonds is 10. The van der Waals surface area contributed by atoms with E-state index in [9.17, 15) is 4.79 Å². The average molecular weight is 473 g/mol. The number of H-pyrrole nitrogens is 1. The van der Waals surface area contributed by atoms with E-state index in [0.717, 1.165) is 4.90 Å². The van der Waals surface area contributed by atoms with Crippen LogP contribution >= 0.6 is 29.2 Å². The maximum absolute atomic E-state index is 12.9. The number of nitrogen functional groups attached to an aromatic ring is 1. The van der Waals surface area contributed by atoms with Crippen LogP contribution in [-0.2, 0) is 9.05 Å². The number of nitrogens with two attached hydrogens (primary N) is 1. The lowest BCUT2D eigenvalue weighted by Gasteiger charge is -2.21. The van der Waals surface area contributed by atoms with Crippen molar-refractivity contribution in [2.75, 3.05) is 32.0 Å². The fourth-order valence-corrected chi connectivity index (χ4v) is 4.25. The molecule has 0 aliphatic carbocycles. The van der Waals surface area contributed by atoms with Crippen LogP contribution in [0.25, 0.3) is 21.8 Å². The number of fused-ring (bicyclic) bond motifs is 2. The van der Waals surface area contributed by atoms with Crippen LogP contribution in [0.3, 0.4) is 0 Å². The van der Waals surface area contributed by atoms with Crippen molar-refractivity contribution in [2.24, 2.45) is 0 Å². The number of nitrogens with one attached hydrogen (secondary N) is 1. The second kappa shape index (κ2) is 10.8. The molecule has 1 heterocycles. The van der Waals surface area contributed by atoms with E-state index in [1.165, 1.54) is 11.9 Å². The summed E-state index contributed by atoms with van der Waals surface area (Å²) in [6.45, 7) is 0.727. The molecule has 3 rings (SSSR count). The molecule has 0 spiro atoms. The second-order valence-electron chi connectivity index (χ2n) is 6.16. The first-order valence-corrected chi connectivity index (χ1v) is 11.8. The van der Waals surface area contributed by atoms with E-state index < -0.39 is 17.2 Å². The van der Waals surface area contributed by atoms with Crippen LogP contribution in [0.15, 0.2) is 46.1 Å². The fourth-order valence-electron chi connectivity index (χ4n) is 2.83. The van der Waals surface area contributed by atoms with Crippen molar-refractivity contribution in [3.8, 4) is 0 Å². The van der Waals surface area contributed by atoms with Crippen molar-refractivity contribution in [3.63, 3.8) is 0 Å². The molecular formula is C17H21N3O7P2S. The minimum atomic E-state index is -2.46. The third-order valence-electron chi connectivity index (χ3n) is 4.12. The van der Waals surface area contributed by atoms with E-state index in [-0.39, 0.29) is 18.6 Å². The molecule has 3 aromatic rings. The van der Waals surface area contributed by atoms with Gasteiger partial charge >= 0.3 is 17.2 Å². The monoisotopic (exact) mass is 473 g/mol. The Morgan fingerprint density at radius 2 is 1.50 bits per heavy atom. The lowest BCUT2D eigenvalue weighted by molar-refractivity contribution is 0.212. The van der Waals surface area contributed by atoms with Crippen molar-refractivity contribution in [1.82, 2.24) is 9.29 Å². The molecule has 0 aliphatic heterocycles. The summed E-state index contributed by atoms with van der Waals surface area (Å²) in [4.78, 5) is 52.5. The lowest BCUT2D eigenvalue weighted by Crippen LogP contribution is -2.24. The van der Waals surface area contributed by atoms with Crippen molar-refractivity contribution < 1.29 is 28.6 Å². The van der Waals surface area contributed by atoms with Crippen molar-refractivity contribution in [2.45, 2.75) is 4.90 Å². The molecule has 0 radical (unpaired) electrons. The number of anilines is 1. The molecule has 2 aromatic carbocycles. The van der Waals surface area contributed by atoms with Gasteiger partial charge in [-0.3, -0.25) is 4.79 Å². The van der Waals surface area contributed by atoms with Gasteiger partial charge in [0.1, 0.15) is 0 Å². The average Bonchev–Trinajstić information content (AvgIpc) is 2.68. The van der Waals surface area contributed by atoms with Gasteiger partial charge < -0.3 is 39.3 Å². The zero-order chi connectivity index (χ0) is 21.7. The number of aromatic amines is 1. The Bertz CT molecular complexity index is 1050. The van der Waals surface area contributed by atoms with Crippen LogP contribution in [-0.4, -0.2) is 55.2 Å². The standard InChI is InChI=1S/C17H21N3O7P2S/c18-11-1-3-15-13(9-11)17(21)14-10-12(2-4-16(14)19-15)30-20(5-7-26-28(22)23)6-8-27-29(24)25/h1-4,9-10,22-25H,5-8,18H2,(H,19,21). The first-order chi connectivity index (χ1) is 14.3. The molecule has 10 nitrogen and oxygen atoms in total. The first kappa shape index (κ1) is 23.3. The van der Waals surface area contributed by atoms with Crippen LogP contribution in [0, 0.1) is 0 Å². The van der Waals surface area contributed by atoms with Crippen molar-refractivity contribution in [1.29, 1.82) is 0 Å². The fraction of sp³-hybridized carbons (Fsp3) is 0.235. The van der Waals surface area contributed by atoms with E-state index in [2.05, 4.69) is 4.98 Å². The maximum Gasteiger partial charge on any atom is 0.327 e. The zero-order valence-corrected chi connectivity index (χ0v) is 18.2. The Hall–Kier alpha value is -1.36. The molecule has 0 saturated carbocycles. The molecule has 1 aromatic heterocycles. The molecule has 0 atom stereocenters. The largest absolute Gasteiger partial charge is 0.399 e.